The highest BCUT2D eigenvalue weighted by molar-refractivity contribution is 6.33. The molecule has 0 aromatic heterocycles. The van der Waals surface area contributed by atoms with Gasteiger partial charge in [-0.05, 0) is 35.9 Å². The molecule has 1 unspecified atom stereocenters. The zero-order chi connectivity index (χ0) is 24.6. The molecule has 8 heteroatoms. The molecule has 34 heavy (non-hydrogen) atoms. The van der Waals surface area contributed by atoms with Gasteiger partial charge in [-0.15, -0.1) is 0 Å². The van der Waals surface area contributed by atoms with E-state index in [2.05, 4.69) is 22.5 Å². The van der Waals surface area contributed by atoms with E-state index in [9.17, 15) is 22.8 Å². The Morgan fingerprint density at radius 1 is 0.941 bits per heavy atom. The number of alkyl halides is 3. The summed E-state index contributed by atoms with van der Waals surface area (Å²) < 4.78 is 38.4. The van der Waals surface area contributed by atoms with Crippen molar-refractivity contribution in [3.8, 4) is 11.8 Å². The van der Waals surface area contributed by atoms with Crippen molar-refractivity contribution < 1.29 is 22.8 Å². The van der Waals surface area contributed by atoms with Gasteiger partial charge in [-0.25, -0.2) is 0 Å². The molecule has 3 aromatic rings. The van der Waals surface area contributed by atoms with Crippen LogP contribution in [0.5, 0.6) is 0 Å². The summed E-state index contributed by atoms with van der Waals surface area (Å²) in [7, 11) is 0. The number of hydrogen-bond acceptors (Lipinski definition) is 2. The van der Waals surface area contributed by atoms with Gasteiger partial charge in [0.05, 0.1) is 35.2 Å². The summed E-state index contributed by atoms with van der Waals surface area (Å²) in [6.07, 6.45) is -4.52. The van der Waals surface area contributed by atoms with E-state index in [1.807, 2.05) is 6.07 Å². The summed E-state index contributed by atoms with van der Waals surface area (Å²) in [6.45, 7) is -0.0605. The molecule has 0 aliphatic heterocycles. The van der Waals surface area contributed by atoms with Crippen molar-refractivity contribution in [3.05, 3.63) is 106 Å². The monoisotopic (exact) mass is 484 g/mol. The number of nitrogens with one attached hydrogen (secondary N) is 2. The Balaban J connectivity index is 1.64. The number of carbonyl (C=O) groups excluding carboxylic acids is 2. The molecule has 174 valence electrons. The van der Waals surface area contributed by atoms with Crippen LogP contribution in [0.4, 0.5) is 13.2 Å². The van der Waals surface area contributed by atoms with E-state index in [-0.39, 0.29) is 30.0 Å². The fourth-order valence-electron chi connectivity index (χ4n) is 3.14. The first-order valence-electron chi connectivity index (χ1n) is 10.3. The van der Waals surface area contributed by atoms with Gasteiger partial charge < -0.3 is 10.6 Å². The molecule has 2 N–H and O–H groups in total. The van der Waals surface area contributed by atoms with Gasteiger partial charge in [-0.1, -0.05) is 72.0 Å². The third kappa shape index (κ3) is 7.12. The quantitative estimate of drug-likeness (QED) is 0.461. The van der Waals surface area contributed by atoms with Crippen molar-refractivity contribution in [1.82, 2.24) is 10.6 Å². The molecule has 3 aromatic carbocycles. The third-order valence-corrected chi connectivity index (χ3v) is 5.14. The maximum atomic E-state index is 12.8. The highest BCUT2D eigenvalue weighted by Crippen LogP contribution is 2.29. The Bertz CT molecular complexity index is 1220. The summed E-state index contributed by atoms with van der Waals surface area (Å²) in [5.74, 6) is 4.45. The standard InChI is InChI=1S/C26H20ClF3N2O2/c27-22-14-5-4-13-21(22)25(34)32-23(19-10-2-1-3-11-19)17-24(33)31-15-7-9-18-8-6-12-20(16-18)26(28,29)30/h1-6,8,10-14,16,23H,15,17H2,(H,31,33)(H,32,34). The molecule has 0 heterocycles. The molecular formula is C26H20ClF3N2O2. The van der Waals surface area contributed by atoms with Crippen molar-refractivity contribution in [2.45, 2.75) is 18.6 Å². The predicted molar refractivity (Wildman–Crippen MR) is 124 cm³/mol. The van der Waals surface area contributed by atoms with Crippen LogP contribution in [0.1, 0.15) is 39.5 Å². The zero-order valence-corrected chi connectivity index (χ0v) is 18.6. The highest BCUT2D eigenvalue weighted by Gasteiger charge is 2.30. The van der Waals surface area contributed by atoms with Crippen molar-refractivity contribution in [2.75, 3.05) is 6.54 Å². The van der Waals surface area contributed by atoms with Crippen molar-refractivity contribution in [3.63, 3.8) is 0 Å². The molecule has 0 bridgehead atoms. The van der Waals surface area contributed by atoms with Gasteiger partial charge in [0, 0.05) is 5.56 Å². The number of carbonyl (C=O) groups is 2. The normalized spacial score (nSPS) is 11.6. The first-order valence-corrected chi connectivity index (χ1v) is 10.6. The zero-order valence-electron chi connectivity index (χ0n) is 17.8. The summed E-state index contributed by atoms with van der Waals surface area (Å²) in [4.78, 5) is 25.2. The highest BCUT2D eigenvalue weighted by atomic mass is 35.5. The van der Waals surface area contributed by atoms with Crippen LogP contribution in [0.25, 0.3) is 0 Å². The van der Waals surface area contributed by atoms with Crippen LogP contribution >= 0.6 is 11.6 Å². The van der Waals surface area contributed by atoms with Crippen LogP contribution in [-0.4, -0.2) is 18.4 Å². The molecule has 0 spiro atoms. The Kier molecular flexibility index (Phi) is 8.34. The van der Waals surface area contributed by atoms with Crippen molar-refractivity contribution >= 4 is 23.4 Å². The molecular weight excluding hydrogens is 465 g/mol. The lowest BCUT2D eigenvalue weighted by Crippen LogP contribution is -2.34. The molecule has 0 aliphatic carbocycles. The maximum Gasteiger partial charge on any atom is 0.416 e. The predicted octanol–water partition coefficient (Wildman–Crippen LogP) is 5.39. The summed E-state index contributed by atoms with van der Waals surface area (Å²) in [5.41, 5.74) is 0.423. The maximum absolute atomic E-state index is 12.8. The minimum atomic E-state index is -4.45. The third-order valence-electron chi connectivity index (χ3n) is 4.81. The second kappa shape index (κ2) is 11.4. The number of amides is 2. The van der Waals surface area contributed by atoms with Crippen molar-refractivity contribution in [2.24, 2.45) is 0 Å². The molecule has 1 atom stereocenters. The fraction of sp³-hybridized carbons (Fsp3) is 0.154. The lowest BCUT2D eigenvalue weighted by molar-refractivity contribution is -0.137. The SMILES string of the molecule is O=C(CC(NC(=O)c1ccccc1Cl)c1ccccc1)NCC#Cc1cccc(C(F)(F)F)c1. The topological polar surface area (TPSA) is 58.2 Å². The van der Waals surface area contributed by atoms with Gasteiger partial charge in [-0.3, -0.25) is 9.59 Å². The molecule has 0 fully saturated rings. The largest absolute Gasteiger partial charge is 0.416 e. The van der Waals surface area contributed by atoms with Gasteiger partial charge in [0.15, 0.2) is 0 Å². The smallest absolute Gasteiger partial charge is 0.345 e. The van der Waals surface area contributed by atoms with Crippen LogP contribution < -0.4 is 10.6 Å². The van der Waals surface area contributed by atoms with Crippen LogP contribution in [-0.2, 0) is 11.0 Å². The van der Waals surface area contributed by atoms with Crippen LogP contribution in [0, 0.1) is 11.8 Å². The molecule has 3 rings (SSSR count). The second-order valence-electron chi connectivity index (χ2n) is 7.28. The van der Waals surface area contributed by atoms with Gasteiger partial charge in [-0.2, -0.15) is 13.2 Å². The average molecular weight is 485 g/mol. The first kappa shape index (κ1) is 24.9. The van der Waals surface area contributed by atoms with E-state index in [1.165, 1.54) is 12.1 Å². The van der Waals surface area contributed by atoms with E-state index in [4.69, 9.17) is 11.6 Å². The molecule has 0 aliphatic rings. The van der Waals surface area contributed by atoms with E-state index < -0.39 is 23.7 Å². The number of halogens is 4. The second-order valence-corrected chi connectivity index (χ2v) is 7.68. The van der Waals surface area contributed by atoms with Gasteiger partial charge in [0.25, 0.3) is 5.91 Å². The molecule has 2 amide bonds. The van der Waals surface area contributed by atoms with E-state index in [1.54, 1.807) is 48.5 Å². The fourth-order valence-corrected chi connectivity index (χ4v) is 3.36. The Labute approximate surface area is 200 Å². The number of benzene rings is 3. The average Bonchev–Trinajstić information content (AvgIpc) is 2.82. The summed E-state index contributed by atoms with van der Waals surface area (Å²) in [5, 5.41) is 5.73. The number of rotatable bonds is 6. The van der Waals surface area contributed by atoms with Crippen LogP contribution in [0.2, 0.25) is 5.02 Å². The number of hydrogen-bond donors (Lipinski definition) is 2. The summed E-state index contributed by atoms with van der Waals surface area (Å²) in [6, 6.07) is 19.6. The molecule has 0 saturated heterocycles. The minimum Gasteiger partial charge on any atom is -0.345 e. The Hall–Kier alpha value is -3.76. The van der Waals surface area contributed by atoms with Crippen LogP contribution in [0.3, 0.4) is 0 Å². The molecule has 0 radical (unpaired) electrons. The Morgan fingerprint density at radius 2 is 1.65 bits per heavy atom. The lowest BCUT2D eigenvalue weighted by atomic mass is 10.0. The minimum absolute atomic E-state index is 0.0605. The summed E-state index contributed by atoms with van der Waals surface area (Å²) >= 11 is 6.11. The van der Waals surface area contributed by atoms with Gasteiger partial charge >= 0.3 is 6.18 Å². The van der Waals surface area contributed by atoms with Gasteiger partial charge in [0.1, 0.15) is 0 Å². The first-order chi connectivity index (χ1) is 16.2. The van der Waals surface area contributed by atoms with Crippen LogP contribution in [0.15, 0.2) is 78.9 Å². The Morgan fingerprint density at radius 3 is 2.35 bits per heavy atom. The molecule has 0 saturated carbocycles. The van der Waals surface area contributed by atoms with E-state index in [0.717, 1.165) is 17.7 Å². The van der Waals surface area contributed by atoms with E-state index >= 15 is 0 Å². The van der Waals surface area contributed by atoms with Gasteiger partial charge in [0.2, 0.25) is 5.91 Å². The van der Waals surface area contributed by atoms with Crippen molar-refractivity contribution in [1.29, 1.82) is 0 Å². The molecule has 4 nitrogen and oxygen atoms in total. The lowest BCUT2D eigenvalue weighted by Gasteiger charge is -2.19. The van der Waals surface area contributed by atoms with E-state index in [0.29, 0.717) is 5.02 Å².